The Hall–Kier alpha value is -3.42. The van der Waals surface area contributed by atoms with Crippen molar-refractivity contribution in [3.05, 3.63) is 66.0 Å². The van der Waals surface area contributed by atoms with Crippen molar-refractivity contribution >= 4 is 5.91 Å². The van der Waals surface area contributed by atoms with Crippen molar-refractivity contribution in [2.45, 2.75) is 18.9 Å². The van der Waals surface area contributed by atoms with Gasteiger partial charge in [-0.05, 0) is 40.1 Å². The monoisotopic (exact) mass is 365 g/mol. The summed E-state index contributed by atoms with van der Waals surface area (Å²) >= 11 is 0. The number of tetrazole rings is 1. The number of fused-ring (bicyclic) bond motifs is 1. The molecule has 0 saturated carbocycles. The molecule has 2 aromatic carbocycles. The number of nitrogens with one attached hydrogen (secondary N) is 1. The molecule has 1 aromatic heterocycles. The van der Waals surface area contributed by atoms with E-state index in [1.165, 1.54) is 11.0 Å². The summed E-state index contributed by atoms with van der Waals surface area (Å²) in [5.41, 5.74) is 2.12. The molecule has 4 rings (SSSR count). The van der Waals surface area contributed by atoms with Crippen LogP contribution in [0.2, 0.25) is 0 Å². The number of carbonyl (C=O) groups excluding carboxylic acids is 1. The number of rotatable bonds is 7. The fourth-order valence-corrected chi connectivity index (χ4v) is 3.00. The zero-order valence-corrected chi connectivity index (χ0v) is 14.6. The van der Waals surface area contributed by atoms with Gasteiger partial charge in [-0.2, -0.15) is 0 Å². The highest BCUT2D eigenvalue weighted by molar-refractivity contribution is 5.80. The molecule has 8 heteroatoms. The fourth-order valence-electron chi connectivity index (χ4n) is 3.00. The van der Waals surface area contributed by atoms with Crippen LogP contribution in [0.4, 0.5) is 0 Å². The van der Waals surface area contributed by atoms with E-state index >= 15 is 0 Å². The third kappa shape index (κ3) is 4.05. The standard InChI is InChI=1S/C19H19N5O3/c25-19(20-9-8-15-6-7-17-18(11-15)27-13-26-17)16(24-12-21-22-23-24)10-14-4-2-1-3-5-14/h1-7,11-12,16H,8-10,13H2,(H,20,25). The Labute approximate surface area is 156 Å². The predicted octanol–water partition coefficient (Wildman–Crippen LogP) is 1.54. The Morgan fingerprint density at radius 1 is 1.11 bits per heavy atom. The number of aromatic nitrogens is 4. The van der Waals surface area contributed by atoms with Crippen molar-refractivity contribution in [2.75, 3.05) is 13.3 Å². The molecule has 0 spiro atoms. The Bertz CT molecular complexity index is 899. The number of hydrogen-bond donors (Lipinski definition) is 1. The van der Waals surface area contributed by atoms with Crippen molar-refractivity contribution in [3.63, 3.8) is 0 Å². The van der Waals surface area contributed by atoms with Crippen LogP contribution in [-0.2, 0) is 17.6 Å². The molecule has 1 N–H and O–H groups in total. The first-order valence-corrected chi connectivity index (χ1v) is 8.72. The molecule has 138 valence electrons. The van der Waals surface area contributed by atoms with E-state index < -0.39 is 6.04 Å². The lowest BCUT2D eigenvalue weighted by Gasteiger charge is -2.16. The van der Waals surface area contributed by atoms with Crippen LogP contribution in [0.25, 0.3) is 0 Å². The first-order valence-electron chi connectivity index (χ1n) is 8.72. The second-order valence-corrected chi connectivity index (χ2v) is 6.22. The molecule has 1 amide bonds. The highest BCUT2D eigenvalue weighted by Crippen LogP contribution is 2.32. The van der Waals surface area contributed by atoms with E-state index in [0.717, 1.165) is 22.6 Å². The SMILES string of the molecule is O=C(NCCc1ccc2c(c1)OCO2)C(Cc1ccccc1)n1cnnn1. The van der Waals surface area contributed by atoms with Gasteiger partial charge in [-0.25, -0.2) is 4.68 Å². The van der Waals surface area contributed by atoms with Crippen LogP contribution in [-0.4, -0.2) is 39.5 Å². The summed E-state index contributed by atoms with van der Waals surface area (Å²) < 4.78 is 12.2. The Morgan fingerprint density at radius 2 is 1.96 bits per heavy atom. The van der Waals surface area contributed by atoms with Gasteiger partial charge in [0.15, 0.2) is 11.5 Å². The molecule has 1 aliphatic heterocycles. The largest absolute Gasteiger partial charge is 0.454 e. The summed E-state index contributed by atoms with van der Waals surface area (Å²) in [6.07, 6.45) is 2.67. The van der Waals surface area contributed by atoms with E-state index in [-0.39, 0.29) is 12.7 Å². The number of hydrogen-bond acceptors (Lipinski definition) is 6. The molecule has 1 unspecified atom stereocenters. The fraction of sp³-hybridized carbons (Fsp3) is 0.263. The normalized spacial score (nSPS) is 13.3. The van der Waals surface area contributed by atoms with Crippen LogP contribution in [0, 0.1) is 0 Å². The Kier molecular flexibility index (Phi) is 4.95. The van der Waals surface area contributed by atoms with Crippen LogP contribution in [0.1, 0.15) is 17.2 Å². The third-order valence-electron chi connectivity index (χ3n) is 4.41. The zero-order valence-electron chi connectivity index (χ0n) is 14.6. The van der Waals surface area contributed by atoms with E-state index in [2.05, 4.69) is 20.8 Å². The molecule has 2 heterocycles. The van der Waals surface area contributed by atoms with Gasteiger partial charge in [-0.15, -0.1) is 5.10 Å². The van der Waals surface area contributed by atoms with Crippen molar-refractivity contribution in [1.29, 1.82) is 0 Å². The topological polar surface area (TPSA) is 91.2 Å². The lowest BCUT2D eigenvalue weighted by molar-refractivity contribution is -0.124. The van der Waals surface area contributed by atoms with E-state index in [4.69, 9.17) is 9.47 Å². The number of benzene rings is 2. The second kappa shape index (κ2) is 7.86. The number of amides is 1. The van der Waals surface area contributed by atoms with E-state index in [1.54, 1.807) is 0 Å². The van der Waals surface area contributed by atoms with Crippen LogP contribution in [0.15, 0.2) is 54.9 Å². The maximum atomic E-state index is 12.8. The summed E-state index contributed by atoms with van der Waals surface area (Å²) in [5.74, 6) is 1.38. The smallest absolute Gasteiger partial charge is 0.245 e. The van der Waals surface area contributed by atoms with Gasteiger partial charge >= 0.3 is 0 Å². The van der Waals surface area contributed by atoms with Crippen LogP contribution < -0.4 is 14.8 Å². The Morgan fingerprint density at radius 3 is 2.78 bits per heavy atom. The van der Waals surface area contributed by atoms with E-state index in [9.17, 15) is 4.79 Å². The molecule has 0 radical (unpaired) electrons. The van der Waals surface area contributed by atoms with Gasteiger partial charge < -0.3 is 14.8 Å². The molecule has 1 atom stereocenters. The van der Waals surface area contributed by atoms with Crippen molar-refractivity contribution in [3.8, 4) is 11.5 Å². The van der Waals surface area contributed by atoms with Gasteiger partial charge in [0.1, 0.15) is 12.4 Å². The first kappa shape index (κ1) is 17.0. The van der Waals surface area contributed by atoms with Gasteiger partial charge in [-0.3, -0.25) is 4.79 Å². The molecule has 27 heavy (non-hydrogen) atoms. The van der Waals surface area contributed by atoms with E-state index in [1.807, 2.05) is 48.5 Å². The summed E-state index contributed by atoms with van der Waals surface area (Å²) in [6.45, 7) is 0.758. The maximum Gasteiger partial charge on any atom is 0.245 e. The molecule has 0 saturated heterocycles. The zero-order chi connectivity index (χ0) is 18.5. The lowest BCUT2D eigenvalue weighted by atomic mass is 10.1. The van der Waals surface area contributed by atoms with Crippen molar-refractivity contribution in [2.24, 2.45) is 0 Å². The average molecular weight is 365 g/mol. The Balaban J connectivity index is 1.38. The predicted molar refractivity (Wildman–Crippen MR) is 96.3 cm³/mol. The minimum Gasteiger partial charge on any atom is -0.454 e. The molecule has 3 aromatic rings. The quantitative estimate of drug-likeness (QED) is 0.683. The summed E-state index contributed by atoms with van der Waals surface area (Å²) in [5, 5.41) is 14.2. The van der Waals surface area contributed by atoms with Crippen molar-refractivity contribution in [1.82, 2.24) is 25.5 Å². The molecular weight excluding hydrogens is 346 g/mol. The third-order valence-corrected chi connectivity index (χ3v) is 4.41. The van der Waals surface area contributed by atoms with Gasteiger partial charge in [0, 0.05) is 13.0 Å². The molecule has 1 aliphatic rings. The minimum atomic E-state index is -0.501. The first-order chi connectivity index (χ1) is 13.3. The maximum absolute atomic E-state index is 12.8. The highest BCUT2D eigenvalue weighted by atomic mass is 16.7. The summed E-state index contributed by atoms with van der Waals surface area (Å²) in [6, 6.07) is 15.1. The van der Waals surface area contributed by atoms with Gasteiger partial charge in [0.05, 0.1) is 0 Å². The van der Waals surface area contributed by atoms with Crippen LogP contribution in [0.5, 0.6) is 11.5 Å². The van der Waals surface area contributed by atoms with Crippen LogP contribution >= 0.6 is 0 Å². The van der Waals surface area contributed by atoms with Gasteiger partial charge in [0.25, 0.3) is 0 Å². The molecular formula is C19H19N5O3. The average Bonchev–Trinajstić information content (AvgIpc) is 3.38. The molecule has 8 nitrogen and oxygen atoms in total. The molecule has 0 fully saturated rings. The number of ether oxygens (including phenoxy) is 2. The van der Waals surface area contributed by atoms with Gasteiger partial charge in [-0.1, -0.05) is 36.4 Å². The van der Waals surface area contributed by atoms with E-state index in [0.29, 0.717) is 19.4 Å². The second-order valence-electron chi connectivity index (χ2n) is 6.22. The minimum absolute atomic E-state index is 0.119. The van der Waals surface area contributed by atoms with Crippen molar-refractivity contribution < 1.29 is 14.3 Å². The highest BCUT2D eigenvalue weighted by Gasteiger charge is 2.22. The summed E-state index contributed by atoms with van der Waals surface area (Å²) in [7, 11) is 0. The summed E-state index contributed by atoms with van der Waals surface area (Å²) in [4.78, 5) is 12.8. The molecule has 0 aliphatic carbocycles. The molecule has 0 bridgehead atoms. The lowest BCUT2D eigenvalue weighted by Crippen LogP contribution is -2.35. The van der Waals surface area contributed by atoms with Crippen LogP contribution in [0.3, 0.4) is 0 Å². The number of carbonyl (C=O) groups is 1. The number of nitrogens with zero attached hydrogens (tertiary/aromatic N) is 4. The van der Waals surface area contributed by atoms with Gasteiger partial charge in [0.2, 0.25) is 12.7 Å².